The minimum atomic E-state index is 0.838. The summed E-state index contributed by atoms with van der Waals surface area (Å²) < 4.78 is 0. The zero-order valence-corrected chi connectivity index (χ0v) is 11.7. The summed E-state index contributed by atoms with van der Waals surface area (Å²) in [5, 5.41) is 3.39. The second-order valence-corrected chi connectivity index (χ2v) is 5.11. The number of hydrogen-bond acceptors (Lipinski definition) is 1. The van der Waals surface area contributed by atoms with Crippen LogP contribution in [0.15, 0.2) is 60.8 Å². The maximum Gasteiger partial charge on any atom is 0.0397 e. The van der Waals surface area contributed by atoms with Crippen LogP contribution in [0.5, 0.6) is 0 Å². The van der Waals surface area contributed by atoms with Crippen LogP contribution in [0.4, 0.5) is 0 Å². The van der Waals surface area contributed by atoms with Gasteiger partial charge in [0.2, 0.25) is 0 Å². The van der Waals surface area contributed by atoms with Gasteiger partial charge in [-0.05, 0) is 25.0 Å². The first-order chi connectivity index (χ1) is 9.13. The Kier molecular flexibility index (Phi) is 4.40. The van der Waals surface area contributed by atoms with Crippen LogP contribution in [0.3, 0.4) is 0 Å². The van der Waals surface area contributed by atoms with Crippen LogP contribution in [0.2, 0.25) is 0 Å². The predicted molar refractivity (Wildman–Crippen MR) is 82.0 cm³/mol. The molecule has 2 aromatic carbocycles. The van der Waals surface area contributed by atoms with Crippen LogP contribution in [0, 0.1) is 13.8 Å². The first-order valence-electron chi connectivity index (χ1n) is 6.66. The van der Waals surface area contributed by atoms with Gasteiger partial charge in [-0.15, -0.1) is 0 Å². The second-order valence-electron chi connectivity index (χ2n) is 5.11. The van der Waals surface area contributed by atoms with Crippen LogP contribution in [-0.4, -0.2) is 0 Å². The molecule has 0 bridgehead atoms. The van der Waals surface area contributed by atoms with Gasteiger partial charge in [-0.2, -0.15) is 0 Å². The molecule has 0 saturated carbocycles. The van der Waals surface area contributed by atoms with Crippen LogP contribution in [-0.2, 0) is 13.0 Å². The number of allylic oxidation sites excluding steroid dienone is 1. The van der Waals surface area contributed by atoms with Crippen molar-refractivity contribution < 1.29 is 0 Å². The first kappa shape index (κ1) is 13.4. The molecule has 0 spiro atoms. The first-order valence-corrected chi connectivity index (χ1v) is 6.66. The molecule has 0 aromatic heterocycles. The quantitative estimate of drug-likeness (QED) is 0.841. The van der Waals surface area contributed by atoms with Crippen LogP contribution in [0.1, 0.15) is 22.3 Å². The smallest absolute Gasteiger partial charge is 0.0397 e. The largest absolute Gasteiger partial charge is 0.384 e. The Labute approximate surface area is 116 Å². The van der Waals surface area contributed by atoms with E-state index in [0.717, 1.165) is 18.7 Å². The number of aryl methyl sites for hydroxylation is 2. The Hall–Kier alpha value is -2.02. The maximum absolute atomic E-state index is 4.10. The molecule has 0 atom stereocenters. The van der Waals surface area contributed by atoms with E-state index in [-0.39, 0.29) is 0 Å². The number of nitrogens with one attached hydrogen (secondary N) is 1. The number of benzene rings is 2. The fourth-order valence-electron chi connectivity index (χ4n) is 2.06. The Morgan fingerprint density at radius 3 is 2.37 bits per heavy atom. The molecule has 0 heterocycles. The van der Waals surface area contributed by atoms with Crippen molar-refractivity contribution in [1.29, 1.82) is 0 Å². The highest BCUT2D eigenvalue weighted by Gasteiger charge is 1.98. The summed E-state index contributed by atoms with van der Waals surface area (Å²) in [5.74, 6) is 0. The van der Waals surface area contributed by atoms with Crippen LogP contribution in [0.25, 0.3) is 0 Å². The summed E-state index contributed by atoms with van der Waals surface area (Å²) >= 11 is 0. The average Bonchev–Trinajstić information content (AvgIpc) is 2.38. The van der Waals surface area contributed by atoms with Crippen molar-refractivity contribution in [3.05, 3.63) is 83.1 Å². The molecule has 1 N–H and O–H groups in total. The third kappa shape index (κ3) is 4.29. The zero-order chi connectivity index (χ0) is 13.7. The lowest BCUT2D eigenvalue weighted by atomic mass is 10.1. The third-order valence-corrected chi connectivity index (χ3v) is 3.16. The molecule has 0 amide bonds. The molecular weight excluding hydrogens is 230 g/mol. The Morgan fingerprint density at radius 2 is 1.68 bits per heavy atom. The fraction of sp³-hybridized carbons (Fsp3) is 0.222. The topological polar surface area (TPSA) is 12.0 Å². The SMILES string of the molecule is C=C(Cc1cccc(C)c1)NCc1ccc(C)cc1. The van der Waals surface area contributed by atoms with E-state index < -0.39 is 0 Å². The third-order valence-electron chi connectivity index (χ3n) is 3.16. The molecule has 19 heavy (non-hydrogen) atoms. The minimum absolute atomic E-state index is 0.838. The highest BCUT2D eigenvalue weighted by atomic mass is 14.9. The Balaban J connectivity index is 1.86. The highest BCUT2D eigenvalue weighted by Crippen LogP contribution is 2.09. The van der Waals surface area contributed by atoms with E-state index in [1.54, 1.807) is 0 Å². The Bertz CT molecular complexity index is 552. The van der Waals surface area contributed by atoms with Gasteiger partial charge in [0, 0.05) is 18.7 Å². The van der Waals surface area contributed by atoms with Crippen molar-refractivity contribution in [3.8, 4) is 0 Å². The van der Waals surface area contributed by atoms with Crippen molar-refractivity contribution in [2.75, 3.05) is 0 Å². The summed E-state index contributed by atoms with van der Waals surface area (Å²) in [7, 11) is 0. The van der Waals surface area contributed by atoms with Crippen molar-refractivity contribution in [1.82, 2.24) is 5.32 Å². The molecule has 1 heteroatoms. The van der Waals surface area contributed by atoms with Gasteiger partial charge in [-0.1, -0.05) is 66.2 Å². The lowest BCUT2D eigenvalue weighted by molar-refractivity contribution is 0.786. The molecule has 2 aromatic rings. The van der Waals surface area contributed by atoms with E-state index in [1.165, 1.54) is 22.3 Å². The van der Waals surface area contributed by atoms with E-state index in [4.69, 9.17) is 0 Å². The van der Waals surface area contributed by atoms with Crippen molar-refractivity contribution in [3.63, 3.8) is 0 Å². The molecule has 0 aliphatic heterocycles. The molecule has 0 unspecified atom stereocenters. The molecule has 2 rings (SSSR count). The van der Waals surface area contributed by atoms with Crippen LogP contribution < -0.4 is 5.32 Å². The molecule has 0 aliphatic rings. The van der Waals surface area contributed by atoms with Gasteiger partial charge in [0.1, 0.15) is 0 Å². The summed E-state index contributed by atoms with van der Waals surface area (Å²) in [5.41, 5.74) is 6.25. The highest BCUT2D eigenvalue weighted by molar-refractivity contribution is 5.26. The van der Waals surface area contributed by atoms with Gasteiger partial charge in [0.15, 0.2) is 0 Å². The fourth-order valence-corrected chi connectivity index (χ4v) is 2.06. The standard InChI is InChI=1S/C18H21N/c1-14-7-9-17(10-8-14)13-19-16(3)12-18-6-4-5-15(2)11-18/h4-11,19H,3,12-13H2,1-2H3. The van der Waals surface area contributed by atoms with E-state index in [9.17, 15) is 0 Å². The molecular formula is C18H21N. The van der Waals surface area contributed by atoms with Gasteiger partial charge < -0.3 is 5.32 Å². The van der Waals surface area contributed by atoms with E-state index in [1.807, 2.05) is 0 Å². The number of hydrogen-bond donors (Lipinski definition) is 1. The second kappa shape index (κ2) is 6.24. The van der Waals surface area contributed by atoms with Gasteiger partial charge in [0.05, 0.1) is 0 Å². The van der Waals surface area contributed by atoms with Gasteiger partial charge >= 0.3 is 0 Å². The van der Waals surface area contributed by atoms with Crippen molar-refractivity contribution >= 4 is 0 Å². The summed E-state index contributed by atoms with van der Waals surface area (Å²) in [6.07, 6.45) is 0.882. The van der Waals surface area contributed by atoms with Gasteiger partial charge in [-0.3, -0.25) is 0 Å². The zero-order valence-electron chi connectivity index (χ0n) is 11.7. The lowest BCUT2D eigenvalue weighted by Crippen LogP contribution is -2.13. The van der Waals surface area contributed by atoms with E-state index >= 15 is 0 Å². The molecule has 0 radical (unpaired) electrons. The van der Waals surface area contributed by atoms with Crippen LogP contribution >= 0.6 is 0 Å². The summed E-state index contributed by atoms with van der Waals surface area (Å²) in [4.78, 5) is 0. The molecule has 0 fully saturated rings. The summed E-state index contributed by atoms with van der Waals surface area (Å²) in [6, 6.07) is 17.2. The van der Waals surface area contributed by atoms with E-state index in [0.29, 0.717) is 0 Å². The van der Waals surface area contributed by atoms with Gasteiger partial charge in [0.25, 0.3) is 0 Å². The van der Waals surface area contributed by atoms with E-state index in [2.05, 4.69) is 74.3 Å². The summed E-state index contributed by atoms with van der Waals surface area (Å²) in [6.45, 7) is 9.16. The molecule has 0 saturated heterocycles. The predicted octanol–water partition coefficient (Wildman–Crippen LogP) is 4.15. The molecule has 0 aliphatic carbocycles. The molecule has 98 valence electrons. The molecule has 1 nitrogen and oxygen atoms in total. The van der Waals surface area contributed by atoms with Crippen molar-refractivity contribution in [2.24, 2.45) is 0 Å². The lowest BCUT2D eigenvalue weighted by Gasteiger charge is -2.10. The maximum atomic E-state index is 4.10. The average molecular weight is 251 g/mol. The normalized spacial score (nSPS) is 10.2. The monoisotopic (exact) mass is 251 g/mol. The van der Waals surface area contributed by atoms with Gasteiger partial charge in [-0.25, -0.2) is 0 Å². The Morgan fingerprint density at radius 1 is 0.947 bits per heavy atom. The minimum Gasteiger partial charge on any atom is -0.384 e. The number of rotatable bonds is 5. The van der Waals surface area contributed by atoms with Crippen molar-refractivity contribution in [2.45, 2.75) is 26.8 Å².